The van der Waals surface area contributed by atoms with E-state index in [2.05, 4.69) is 91.0 Å². The maximum absolute atomic E-state index is 6.27. The van der Waals surface area contributed by atoms with Crippen LogP contribution in [-0.4, -0.2) is 42.5 Å². The molecule has 0 radical (unpaired) electrons. The van der Waals surface area contributed by atoms with Gasteiger partial charge in [-0.2, -0.15) is 0 Å². The molecule has 2 aliphatic carbocycles. The Hall–Kier alpha value is -1.61. The summed E-state index contributed by atoms with van der Waals surface area (Å²) in [6.45, 7) is 9.84. The van der Waals surface area contributed by atoms with Gasteiger partial charge in [0.05, 0.1) is 0 Å². The third-order valence-corrected chi connectivity index (χ3v) is 8.10. The van der Waals surface area contributed by atoms with Crippen LogP contribution in [0.15, 0.2) is 67.3 Å². The summed E-state index contributed by atoms with van der Waals surface area (Å²) in [7, 11) is 2.32. The second-order valence-corrected chi connectivity index (χ2v) is 10.6. The molecule has 172 valence electrons. The first-order valence-corrected chi connectivity index (χ1v) is 12.8. The molecule has 0 saturated heterocycles. The second kappa shape index (κ2) is 10.5. The minimum absolute atomic E-state index is 0.0809. The predicted octanol–water partition coefficient (Wildman–Crippen LogP) is 6.80. The fraction of sp³-hybridized carbons (Fsp3) is 0.517. The van der Waals surface area contributed by atoms with Gasteiger partial charge >= 0.3 is 0 Å². The highest BCUT2D eigenvalue weighted by Crippen LogP contribution is 2.47. The van der Waals surface area contributed by atoms with Crippen molar-refractivity contribution in [1.82, 2.24) is 9.80 Å². The first kappa shape index (κ1) is 23.5. The van der Waals surface area contributed by atoms with Crippen LogP contribution in [-0.2, 0) is 12.0 Å². The summed E-state index contributed by atoms with van der Waals surface area (Å²) >= 11 is 6.27. The Balaban J connectivity index is 1.52. The average Bonchev–Trinajstić information content (AvgIpc) is 3.62. The molecule has 2 aromatic carbocycles. The Morgan fingerprint density at radius 1 is 1.06 bits per heavy atom. The van der Waals surface area contributed by atoms with Crippen LogP contribution in [0.5, 0.6) is 0 Å². The molecule has 2 saturated carbocycles. The number of nitrogens with zero attached hydrogens (tertiary/aromatic N) is 2. The van der Waals surface area contributed by atoms with Gasteiger partial charge in [-0.3, -0.25) is 4.90 Å². The Bertz CT molecular complexity index is 860. The molecule has 4 rings (SSSR count). The number of hydrogen-bond donors (Lipinski definition) is 0. The van der Waals surface area contributed by atoms with E-state index in [1.165, 1.54) is 49.8 Å². The van der Waals surface area contributed by atoms with Crippen LogP contribution in [0.4, 0.5) is 0 Å². The molecule has 2 aromatic rings. The number of rotatable bonds is 10. The van der Waals surface area contributed by atoms with Crippen molar-refractivity contribution in [2.45, 2.75) is 57.0 Å². The van der Waals surface area contributed by atoms with Crippen molar-refractivity contribution in [3.8, 4) is 0 Å². The Kier molecular flexibility index (Phi) is 7.76. The van der Waals surface area contributed by atoms with Crippen molar-refractivity contribution in [3.63, 3.8) is 0 Å². The molecule has 3 atom stereocenters. The summed E-state index contributed by atoms with van der Waals surface area (Å²) in [5, 5.41) is 0.823. The lowest BCUT2D eigenvalue weighted by molar-refractivity contribution is -0.00214. The zero-order valence-electron chi connectivity index (χ0n) is 19.8. The monoisotopic (exact) mass is 450 g/mol. The van der Waals surface area contributed by atoms with E-state index < -0.39 is 0 Å². The summed E-state index contributed by atoms with van der Waals surface area (Å²) in [5.41, 5.74) is 2.94. The lowest BCUT2D eigenvalue weighted by atomic mass is 9.68. The lowest BCUT2D eigenvalue weighted by Gasteiger charge is -2.52. The molecule has 2 nitrogen and oxygen atoms in total. The second-order valence-electron chi connectivity index (χ2n) is 10.2. The van der Waals surface area contributed by atoms with Crippen LogP contribution < -0.4 is 0 Å². The van der Waals surface area contributed by atoms with Crippen LogP contribution in [0.2, 0.25) is 5.02 Å². The average molecular weight is 451 g/mol. The van der Waals surface area contributed by atoms with Crippen molar-refractivity contribution in [2.24, 2.45) is 11.8 Å². The topological polar surface area (TPSA) is 6.48 Å². The third kappa shape index (κ3) is 5.47. The molecule has 32 heavy (non-hydrogen) atoms. The van der Waals surface area contributed by atoms with E-state index in [9.17, 15) is 0 Å². The van der Waals surface area contributed by atoms with Crippen LogP contribution in [0.1, 0.15) is 50.2 Å². The fourth-order valence-corrected chi connectivity index (χ4v) is 6.02. The standard InChI is InChI=1S/C29H39ClN2/c1-4-19-32(22-25-10-11-25)29(26-12-14-27(30)15-13-26)18-16-28(23(2)21-29)31(3)20-17-24-8-6-5-7-9-24/h4-9,12-15,23,25,28H,1,10-11,16-22H2,2-3H3. The van der Waals surface area contributed by atoms with Gasteiger partial charge in [-0.1, -0.05) is 67.1 Å². The summed E-state index contributed by atoms with van der Waals surface area (Å²) in [4.78, 5) is 5.36. The van der Waals surface area contributed by atoms with Gasteiger partial charge in [0.1, 0.15) is 0 Å². The Labute approximate surface area is 200 Å². The SMILES string of the molecule is C=CCN(CC1CC1)C1(c2ccc(Cl)cc2)CCC(N(C)CCc2ccccc2)C(C)C1. The van der Waals surface area contributed by atoms with Gasteiger partial charge < -0.3 is 4.90 Å². The predicted molar refractivity (Wildman–Crippen MR) is 137 cm³/mol. The van der Waals surface area contributed by atoms with Crippen LogP contribution in [0, 0.1) is 11.8 Å². The number of likely N-dealkylation sites (N-methyl/N-ethyl adjacent to an activating group) is 1. The van der Waals surface area contributed by atoms with Crippen molar-refractivity contribution in [3.05, 3.63) is 83.4 Å². The van der Waals surface area contributed by atoms with E-state index in [0.29, 0.717) is 12.0 Å². The van der Waals surface area contributed by atoms with Crippen LogP contribution in [0.3, 0.4) is 0 Å². The van der Waals surface area contributed by atoms with Crippen LogP contribution in [0.25, 0.3) is 0 Å². The highest BCUT2D eigenvalue weighted by molar-refractivity contribution is 6.30. The van der Waals surface area contributed by atoms with Gasteiger partial charge in [-0.15, -0.1) is 6.58 Å². The van der Waals surface area contributed by atoms with E-state index in [1.807, 2.05) is 0 Å². The first-order valence-electron chi connectivity index (χ1n) is 12.4. The quantitative estimate of drug-likeness (QED) is 0.367. The fourth-order valence-electron chi connectivity index (χ4n) is 5.90. The minimum atomic E-state index is 0.0809. The minimum Gasteiger partial charge on any atom is -0.303 e. The molecular weight excluding hydrogens is 412 g/mol. The first-order chi connectivity index (χ1) is 15.5. The Morgan fingerprint density at radius 3 is 2.41 bits per heavy atom. The molecule has 0 N–H and O–H groups in total. The van der Waals surface area contributed by atoms with Crippen LogP contribution >= 0.6 is 11.6 Å². The molecule has 3 heteroatoms. The van der Waals surface area contributed by atoms with Crippen molar-refractivity contribution in [1.29, 1.82) is 0 Å². The molecule has 2 fully saturated rings. The van der Waals surface area contributed by atoms with Gasteiger partial charge in [0.25, 0.3) is 0 Å². The maximum atomic E-state index is 6.27. The van der Waals surface area contributed by atoms with Gasteiger partial charge in [0.15, 0.2) is 0 Å². The normalized spacial score (nSPS) is 25.9. The number of hydrogen-bond acceptors (Lipinski definition) is 2. The summed E-state index contributed by atoms with van der Waals surface area (Å²) < 4.78 is 0. The smallest absolute Gasteiger partial charge is 0.0467 e. The summed E-state index contributed by atoms with van der Waals surface area (Å²) in [6.07, 6.45) is 9.59. The molecular formula is C29H39ClN2. The van der Waals surface area contributed by atoms with Crippen molar-refractivity contribution < 1.29 is 0 Å². The molecule has 0 heterocycles. The van der Waals surface area contributed by atoms with Crippen molar-refractivity contribution in [2.75, 3.05) is 26.7 Å². The maximum Gasteiger partial charge on any atom is 0.0467 e. The number of halogens is 1. The van der Waals surface area contributed by atoms with Gasteiger partial charge in [0.2, 0.25) is 0 Å². The van der Waals surface area contributed by atoms with E-state index in [1.54, 1.807) is 0 Å². The number of benzene rings is 2. The van der Waals surface area contributed by atoms with E-state index in [-0.39, 0.29) is 5.54 Å². The van der Waals surface area contributed by atoms with E-state index >= 15 is 0 Å². The molecule has 0 aromatic heterocycles. The highest BCUT2D eigenvalue weighted by Gasteiger charge is 2.46. The highest BCUT2D eigenvalue weighted by atomic mass is 35.5. The van der Waals surface area contributed by atoms with E-state index in [4.69, 9.17) is 11.6 Å². The van der Waals surface area contributed by atoms with Gasteiger partial charge in [-0.05, 0) is 80.7 Å². The van der Waals surface area contributed by atoms with E-state index in [0.717, 1.165) is 30.5 Å². The molecule has 0 aliphatic heterocycles. The lowest BCUT2D eigenvalue weighted by Crippen LogP contribution is -2.54. The summed E-state index contributed by atoms with van der Waals surface area (Å²) in [5.74, 6) is 1.49. The largest absolute Gasteiger partial charge is 0.303 e. The van der Waals surface area contributed by atoms with Gasteiger partial charge in [-0.25, -0.2) is 0 Å². The zero-order chi connectivity index (χ0) is 22.6. The van der Waals surface area contributed by atoms with Crippen molar-refractivity contribution >= 4 is 11.6 Å². The van der Waals surface area contributed by atoms with Gasteiger partial charge in [0, 0.05) is 36.2 Å². The third-order valence-electron chi connectivity index (χ3n) is 7.84. The molecule has 0 bridgehead atoms. The molecule has 3 unspecified atom stereocenters. The summed E-state index contributed by atoms with van der Waals surface area (Å²) in [6, 6.07) is 20.2. The Morgan fingerprint density at radius 2 is 1.78 bits per heavy atom. The zero-order valence-corrected chi connectivity index (χ0v) is 20.6. The molecule has 2 aliphatic rings. The molecule has 0 amide bonds. The molecule has 0 spiro atoms.